The zero-order chi connectivity index (χ0) is 7.07. The van der Waals surface area contributed by atoms with Crippen LogP contribution in [0.25, 0.3) is 0 Å². The maximum absolute atomic E-state index is 2.18. The van der Waals surface area contributed by atoms with E-state index in [9.17, 15) is 0 Å². The van der Waals surface area contributed by atoms with E-state index in [-0.39, 0.29) is 0 Å². The first-order chi connectivity index (χ1) is 5.00. The van der Waals surface area contributed by atoms with Crippen molar-refractivity contribution in [2.24, 2.45) is 0 Å². The van der Waals surface area contributed by atoms with Gasteiger partial charge in [0, 0.05) is 0 Å². The molecule has 0 heteroatoms. The van der Waals surface area contributed by atoms with Crippen molar-refractivity contribution < 1.29 is 0 Å². The van der Waals surface area contributed by atoms with Crippen molar-refractivity contribution in [3.8, 4) is 0 Å². The fourth-order valence-corrected chi connectivity index (χ4v) is 0.792. The first-order valence-electron chi connectivity index (χ1n) is 3.63. The number of rotatable bonds is 0. The SMILES string of the molecule is C1=CC=CCC=CCC=C1. The van der Waals surface area contributed by atoms with E-state index in [2.05, 4.69) is 48.6 Å². The van der Waals surface area contributed by atoms with Crippen molar-refractivity contribution in [1.82, 2.24) is 0 Å². The summed E-state index contributed by atoms with van der Waals surface area (Å²) < 4.78 is 0. The van der Waals surface area contributed by atoms with Gasteiger partial charge in [0.25, 0.3) is 0 Å². The van der Waals surface area contributed by atoms with Crippen LogP contribution in [0.15, 0.2) is 48.6 Å². The molecular formula is C10H12. The Morgan fingerprint density at radius 1 is 0.500 bits per heavy atom. The number of hydrogen-bond acceptors (Lipinski definition) is 0. The van der Waals surface area contributed by atoms with Crippen molar-refractivity contribution in [2.45, 2.75) is 12.8 Å². The van der Waals surface area contributed by atoms with Crippen LogP contribution < -0.4 is 0 Å². The van der Waals surface area contributed by atoms with Crippen LogP contribution in [0, 0.1) is 0 Å². The summed E-state index contributed by atoms with van der Waals surface area (Å²) in [5, 5.41) is 0. The first-order valence-corrected chi connectivity index (χ1v) is 3.63. The van der Waals surface area contributed by atoms with Crippen LogP contribution in [-0.4, -0.2) is 0 Å². The molecule has 0 saturated carbocycles. The molecule has 10 heavy (non-hydrogen) atoms. The van der Waals surface area contributed by atoms with E-state index < -0.39 is 0 Å². The summed E-state index contributed by atoms with van der Waals surface area (Å²) in [6, 6.07) is 0. The van der Waals surface area contributed by atoms with Crippen LogP contribution in [0.2, 0.25) is 0 Å². The molecule has 1 aliphatic carbocycles. The van der Waals surface area contributed by atoms with Crippen LogP contribution in [0.5, 0.6) is 0 Å². The molecular weight excluding hydrogens is 120 g/mol. The van der Waals surface area contributed by atoms with E-state index in [0.717, 1.165) is 12.8 Å². The van der Waals surface area contributed by atoms with Gasteiger partial charge in [-0.3, -0.25) is 0 Å². The Morgan fingerprint density at radius 3 is 1.50 bits per heavy atom. The lowest BCUT2D eigenvalue weighted by Crippen LogP contribution is -1.62. The molecule has 0 aromatic carbocycles. The second kappa shape index (κ2) is 4.80. The summed E-state index contributed by atoms with van der Waals surface area (Å²) in [6.45, 7) is 0. The topological polar surface area (TPSA) is 0 Å². The molecule has 0 bridgehead atoms. The van der Waals surface area contributed by atoms with Gasteiger partial charge in [0.1, 0.15) is 0 Å². The van der Waals surface area contributed by atoms with E-state index in [4.69, 9.17) is 0 Å². The lowest BCUT2D eigenvalue weighted by molar-refractivity contribution is 1.31. The van der Waals surface area contributed by atoms with E-state index in [1.165, 1.54) is 0 Å². The highest BCUT2D eigenvalue weighted by molar-refractivity contribution is 5.14. The van der Waals surface area contributed by atoms with Crippen molar-refractivity contribution in [3.63, 3.8) is 0 Å². The molecule has 0 atom stereocenters. The van der Waals surface area contributed by atoms with Gasteiger partial charge in [-0.15, -0.1) is 0 Å². The zero-order valence-electron chi connectivity index (χ0n) is 6.03. The average molecular weight is 132 g/mol. The largest absolute Gasteiger partial charge is 0.0844 e. The highest BCUT2D eigenvalue weighted by Crippen LogP contribution is 1.94. The lowest BCUT2D eigenvalue weighted by Gasteiger charge is -1.84. The summed E-state index contributed by atoms with van der Waals surface area (Å²) in [4.78, 5) is 0. The summed E-state index contributed by atoms with van der Waals surface area (Å²) in [5.41, 5.74) is 0. The molecule has 0 amide bonds. The van der Waals surface area contributed by atoms with Gasteiger partial charge >= 0.3 is 0 Å². The quantitative estimate of drug-likeness (QED) is 0.444. The van der Waals surface area contributed by atoms with E-state index in [1.54, 1.807) is 0 Å². The van der Waals surface area contributed by atoms with Gasteiger partial charge in [0.05, 0.1) is 0 Å². The van der Waals surface area contributed by atoms with E-state index >= 15 is 0 Å². The third-order valence-electron chi connectivity index (χ3n) is 1.32. The summed E-state index contributed by atoms with van der Waals surface area (Å²) in [7, 11) is 0. The van der Waals surface area contributed by atoms with Gasteiger partial charge in [0.15, 0.2) is 0 Å². The maximum atomic E-state index is 2.18. The second-order valence-corrected chi connectivity index (χ2v) is 2.18. The molecule has 0 unspecified atom stereocenters. The molecule has 0 saturated heterocycles. The molecule has 1 aliphatic rings. The van der Waals surface area contributed by atoms with E-state index in [1.807, 2.05) is 0 Å². The van der Waals surface area contributed by atoms with Crippen LogP contribution in [0.3, 0.4) is 0 Å². The highest BCUT2D eigenvalue weighted by Gasteiger charge is 1.73. The molecule has 0 spiro atoms. The molecule has 0 heterocycles. The molecule has 0 fully saturated rings. The van der Waals surface area contributed by atoms with Crippen molar-refractivity contribution in [2.75, 3.05) is 0 Å². The average Bonchev–Trinajstić information content (AvgIpc) is 2.01. The third-order valence-corrected chi connectivity index (χ3v) is 1.32. The Hall–Kier alpha value is -1.04. The van der Waals surface area contributed by atoms with Crippen LogP contribution in [0.1, 0.15) is 12.8 Å². The predicted octanol–water partition coefficient (Wildman–Crippen LogP) is 3.01. The summed E-state index contributed by atoms with van der Waals surface area (Å²) in [6.07, 6.45) is 19.0. The fraction of sp³-hybridized carbons (Fsp3) is 0.200. The minimum Gasteiger partial charge on any atom is -0.0844 e. The molecule has 0 radical (unpaired) electrons. The van der Waals surface area contributed by atoms with Crippen molar-refractivity contribution in [3.05, 3.63) is 48.6 Å². The minimum absolute atomic E-state index is 1.05. The van der Waals surface area contributed by atoms with Crippen LogP contribution in [0.4, 0.5) is 0 Å². The predicted molar refractivity (Wildman–Crippen MR) is 45.8 cm³/mol. The Balaban J connectivity index is 2.51. The molecule has 0 aromatic rings. The van der Waals surface area contributed by atoms with Gasteiger partial charge in [-0.1, -0.05) is 48.6 Å². The maximum Gasteiger partial charge on any atom is -0.0166 e. The Bertz CT molecular complexity index is 160. The normalized spacial score (nSPS) is 17.6. The van der Waals surface area contributed by atoms with Crippen LogP contribution >= 0.6 is 0 Å². The molecule has 0 nitrogen and oxygen atoms in total. The second-order valence-electron chi connectivity index (χ2n) is 2.18. The summed E-state index contributed by atoms with van der Waals surface area (Å²) in [5.74, 6) is 0. The number of hydrogen-bond donors (Lipinski definition) is 0. The fourth-order valence-electron chi connectivity index (χ4n) is 0.792. The minimum atomic E-state index is 1.05. The lowest BCUT2D eigenvalue weighted by atomic mass is 10.2. The standard InChI is InChI=1S/C10H12/c1-2-4-6-8-10-9-7-5-3-1/h1-6,9-10H,7-8H2. The smallest absolute Gasteiger partial charge is 0.0166 e. The third kappa shape index (κ3) is 3.08. The van der Waals surface area contributed by atoms with Crippen molar-refractivity contribution >= 4 is 0 Å². The monoisotopic (exact) mass is 132 g/mol. The molecule has 1 rings (SSSR count). The number of allylic oxidation sites excluding steroid dienone is 8. The van der Waals surface area contributed by atoms with Gasteiger partial charge in [0.2, 0.25) is 0 Å². The van der Waals surface area contributed by atoms with E-state index in [0.29, 0.717) is 0 Å². The highest BCUT2D eigenvalue weighted by atomic mass is 13.8. The van der Waals surface area contributed by atoms with Gasteiger partial charge < -0.3 is 0 Å². The van der Waals surface area contributed by atoms with Gasteiger partial charge in [-0.05, 0) is 12.8 Å². The van der Waals surface area contributed by atoms with Crippen LogP contribution in [-0.2, 0) is 0 Å². The Morgan fingerprint density at radius 2 is 1.00 bits per heavy atom. The molecule has 0 N–H and O–H groups in total. The van der Waals surface area contributed by atoms with Gasteiger partial charge in [-0.25, -0.2) is 0 Å². The summed E-state index contributed by atoms with van der Waals surface area (Å²) >= 11 is 0. The molecule has 52 valence electrons. The molecule has 0 aliphatic heterocycles. The Labute approximate surface area is 62.3 Å². The van der Waals surface area contributed by atoms with Crippen molar-refractivity contribution in [1.29, 1.82) is 0 Å². The van der Waals surface area contributed by atoms with Gasteiger partial charge in [-0.2, -0.15) is 0 Å². The molecule has 0 aromatic heterocycles. The zero-order valence-corrected chi connectivity index (χ0v) is 6.03. The Kier molecular flexibility index (Phi) is 3.40. The first kappa shape index (κ1) is 7.07.